The van der Waals surface area contributed by atoms with Gasteiger partial charge in [0, 0.05) is 6.04 Å². The van der Waals surface area contributed by atoms with Crippen LogP contribution in [0.1, 0.15) is 66.2 Å². The molecule has 19 heavy (non-hydrogen) atoms. The highest BCUT2D eigenvalue weighted by Gasteiger charge is 2.30. The highest BCUT2D eigenvalue weighted by molar-refractivity contribution is 4.85. The summed E-state index contributed by atoms with van der Waals surface area (Å²) >= 11 is 0. The van der Waals surface area contributed by atoms with E-state index in [1.807, 2.05) is 0 Å². The first-order valence-electron chi connectivity index (χ1n) is 8.72. The summed E-state index contributed by atoms with van der Waals surface area (Å²) in [6.07, 6.45) is 8.54. The molecule has 1 aliphatic carbocycles. The maximum absolute atomic E-state index is 3.79. The Bertz CT molecular complexity index is 213. The van der Waals surface area contributed by atoms with Crippen LogP contribution in [0.5, 0.6) is 0 Å². The van der Waals surface area contributed by atoms with Crippen molar-refractivity contribution in [2.75, 3.05) is 26.2 Å². The molecule has 0 aromatic rings. The predicted molar refractivity (Wildman–Crippen MR) is 85.6 cm³/mol. The fraction of sp³-hybridized carbons (Fsp3) is 1.00. The van der Waals surface area contributed by atoms with Gasteiger partial charge in [-0.15, -0.1) is 0 Å². The second-order valence-corrected chi connectivity index (χ2v) is 6.10. The van der Waals surface area contributed by atoms with E-state index >= 15 is 0 Å². The average Bonchev–Trinajstić information content (AvgIpc) is 2.47. The van der Waals surface area contributed by atoms with Gasteiger partial charge in [0.05, 0.1) is 0 Å². The molecule has 2 heteroatoms. The molecular weight excluding hydrogens is 232 g/mol. The first-order valence-corrected chi connectivity index (χ1v) is 8.72. The normalized spacial score (nSPS) is 25.7. The molecule has 1 fully saturated rings. The van der Waals surface area contributed by atoms with Gasteiger partial charge in [0.1, 0.15) is 0 Å². The zero-order valence-electron chi connectivity index (χ0n) is 13.8. The summed E-state index contributed by atoms with van der Waals surface area (Å²) in [6.45, 7) is 14.0. The molecule has 1 saturated carbocycles. The van der Waals surface area contributed by atoms with Crippen molar-refractivity contribution < 1.29 is 0 Å². The van der Waals surface area contributed by atoms with Crippen LogP contribution in [0.3, 0.4) is 0 Å². The van der Waals surface area contributed by atoms with Gasteiger partial charge < -0.3 is 10.2 Å². The van der Waals surface area contributed by atoms with Gasteiger partial charge in [-0.3, -0.25) is 0 Å². The van der Waals surface area contributed by atoms with Crippen molar-refractivity contribution in [3.05, 3.63) is 0 Å². The van der Waals surface area contributed by atoms with Gasteiger partial charge in [0.2, 0.25) is 0 Å². The van der Waals surface area contributed by atoms with Crippen molar-refractivity contribution in [3.63, 3.8) is 0 Å². The number of hydrogen-bond acceptors (Lipinski definition) is 2. The van der Waals surface area contributed by atoms with Crippen LogP contribution in [0.15, 0.2) is 0 Å². The van der Waals surface area contributed by atoms with Crippen LogP contribution in [-0.2, 0) is 0 Å². The van der Waals surface area contributed by atoms with E-state index in [0.717, 1.165) is 24.4 Å². The van der Waals surface area contributed by atoms with Crippen molar-refractivity contribution in [2.45, 2.75) is 72.3 Å². The fourth-order valence-corrected chi connectivity index (χ4v) is 3.86. The summed E-state index contributed by atoms with van der Waals surface area (Å²) in [4.78, 5) is 2.56. The number of hydrogen-bond donors (Lipinski definition) is 1. The quantitative estimate of drug-likeness (QED) is 0.682. The van der Waals surface area contributed by atoms with Crippen LogP contribution < -0.4 is 5.32 Å². The van der Waals surface area contributed by atoms with Gasteiger partial charge in [-0.1, -0.05) is 53.4 Å². The molecule has 0 aliphatic heterocycles. The van der Waals surface area contributed by atoms with Gasteiger partial charge in [-0.05, 0) is 50.9 Å². The molecule has 0 amide bonds. The number of nitrogens with one attached hydrogen (secondary N) is 1. The molecule has 3 unspecified atom stereocenters. The molecule has 0 aromatic heterocycles. The Morgan fingerprint density at radius 1 is 1.05 bits per heavy atom. The number of nitrogens with zero attached hydrogens (tertiary/aromatic N) is 1. The van der Waals surface area contributed by atoms with Crippen LogP contribution in [-0.4, -0.2) is 37.1 Å². The van der Waals surface area contributed by atoms with Crippen molar-refractivity contribution in [1.29, 1.82) is 0 Å². The van der Waals surface area contributed by atoms with Crippen LogP contribution in [0.25, 0.3) is 0 Å². The van der Waals surface area contributed by atoms with E-state index in [0.29, 0.717) is 0 Å². The third kappa shape index (κ3) is 5.43. The van der Waals surface area contributed by atoms with Gasteiger partial charge in [0.25, 0.3) is 0 Å². The smallest absolute Gasteiger partial charge is 0.0110 e. The minimum Gasteiger partial charge on any atom is -0.314 e. The van der Waals surface area contributed by atoms with Gasteiger partial charge in [-0.25, -0.2) is 0 Å². The summed E-state index contributed by atoms with van der Waals surface area (Å²) in [5, 5.41) is 3.79. The molecule has 1 N–H and O–H groups in total. The van der Waals surface area contributed by atoms with E-state index < -0.39 is 0 Å². The SMILES string of the molecule is CCNC(CCN(CC)CC)C1CCCCC1CC. The molecule has 0 saturated heterocycles. The number of rotatable bonds is 9. The molecule has 0 aromatic carbocycles. The van der Waals surface area contributed by atoms with E-state index in [2.05, 4.69) is 37.9 Å². The molecule has 0 radical (unpaired) electrons. The first-order chi connectivity index (χ1) is 9.26. The van der Waals surface area contributed by atoms with E-state index in [1.54, 1.807) is 0 Å². The lowest BCUT2D eigenvalue weighted by Crippen LogP contribution is -2.43. The summed E-state index contributed by atoms with van der Waals surface area (Å²) in [6, 6.07) is 0.746. The van der Waals surface area contributed by atoms with E-state index in [1.165, 1.54) is 58.2 Å². The molecule has 0 spiro atoms. The second kappa shape index (κ2) is 9.77. The van der Waals surface area contributed by atoms with Crippen LogP contribution in [0, 0.1) is 11.8 Å². The van der Waals surface area contributed by atoms with Crippen molar-refractivity contribution in [2.24, 2.45) is 11.8 Å². The predicted octanol–water partition coefficient (Wildman–Crippen LogP) is 3.91. The third-order valence-corrected chi connectivity index (χ3v) is 5.13. The molecule has 114 valence electrons. The summed E-state index contributed by atoms with van der Waals surface area (Å²) in [5.74, 6) is 1.89. The van der Waals surface area contributed by atoms with Crippen LogP contribution in [0.2, 0.25) is 0 Å². The zero-order chi connectivity index (χ0) is 14.1. The molecule has 0 bridgehead atoms. The average molecular weight is 268 g/mol. The van der Waals surface area contributed by atoms with Crippen LogP contribution in [0.4, 0.5) is 0 Å². The summed E-state index contributed by atoms with van der Waals surface area (Å²) in [5.41, 5.74) is 0. The highest BCUT2D eigenvalue weighted by atomic mass is 15.1. The van der Waals surface area contributed by atoms with E-state index in [-0.39, 0.29) is 0 Å². The summed E-state index contributed by atoms with van der Waals surface area (Å²) < 4.78 is 0. The lowest BCUT2D eigenvalue weighted by atomic mass is 9.73. The summed E-state index contributed by atoms with van der Waals surface area (Å²) in [7, 11) is 0. The third-order valence-electron chi connectivity index (χ3n) is 5.13. The lowest BCUT2D eigenvalue weighted by molar-refractivity contribution is 0.157. The van der Waals surface area contributed by atoms with E-state index in [9.17, 15) is 0 Å². The van der Waals surface area contributed by atoms with Gasteiger partial charge >= 0.3 is 0 Å². The fourth-order valence-electron chi connectivity index (χ4n) is 3.86. The Labute approximate surface area is 121 Å². The van der Waals surface area contributed by atoms with E-state index in [4.69, 9.17) is 0 Å². The molecule has 1 aliphatic rings. The Kier molecular flexibility index (Phi) is 8.72. The van der Waals surface area contributed by atoms with Gasteiger partial charge in [0.15, 0.2) is 0 Å². The van der Waals surface area contributed by atoms with Crippen molar-refractivity contribution in [1.82, 2.24) is 10.2 Å². The molecule has 0 heterocycles. The largest absolute Gasteiger partial charge is 0.314 e. The molecular formula is C17H36N2. The monoisotopic (exact) mass is 268 g/mol. The minimum absolute atomic E-state index is 0.746. The maximum Gasteiger partial charge on any atom is 0.0110 e. The Morgan fingerprint density at radius 3 is 2.32 bits per heavy atom. The standard InChI is InChI=1S/C17H36N2/c1-5-15-11-9-10-12-16(15)17(18-6-2)13-14-19(7-3)8-4/h15-18H,5-14H2,1-4H3. The second-order valence-electron chi connectivity index (χ2n) is 6.10. The Hall–Kier alpha value is -0.0800. The van der Waals surface area contributed by atoms with Crippen molar-refractivity contribution in [3.8, 4) is 0 Å². The van der Waals surface area contributed by atoms with Crippen molar-refractivity contribution >= 4 is 0 Å². The lowest BCUT2D eigenvalue weighted by Gasteiger charge is -2.38. The Balaban J connectivity index is 2.53. The minimum atomic E-state index is 0.746. The topological polar surface area (TPSA) is 15.3 Å². The zero-order valence-corrected chi connectivity index (χ0v) is 13.8. The van der Waals surface area contributed by atoms with Gasteiger partial charge in [-0.2, -0.15) is 0 Å². The molecule has 1 rings (SSSR count). The molecule has 2 nitrogen and oxygen atoms in total. The highest BCUT2D eigenvalue weighted by Crippen LogP contribution is 2.35. The molecule has 3 atom stereocenters. The first kappa shape index (κ1) is 17.0. The maximum atomic E-state index is 3.79. The Morgan fingerprint density at radius 2 is 1.74 bits per heavy atom. The van der Waals surface area contributed by atoms with Crippen LogP contribution >= 0.6 is 0 Å².